The summed E-state index contributed by atoms with van der Waals surface area (Å²) < 4.78 is 6.81. The monoisotopic (exact) mass is 606 g/mol. The Bertz CT molecular complexity index is 1430. The van der Waals surface area contributed by atoms with Gasteiger partial charge in [-0.2, -0.15) is 0 Å². The van der Waals surface area contributed by atoms with Gasteiger partial charge in [-0.1, -0.05) is 97.4 Å². The molecular formula is C32H32BrClN2O3. The molecule has 0 saturated carbocycles. The predicted molar refractivity (Wildman–Crippen MR) is 161 cm³/mol. The maximum atomic E-state index is 13.9. The summed E-state index contributed by atoms with van der Waals surface area (Å²) in [5.41, 5.74) is 1.71. The van der Waals surface area contributed by atoms with Crippen molar-refractivity contribution >= 4 is 50.1 Å². The standard InChI is InChI=1S/C32H32BrClN2O3/c1-3-22(2)35-32(38)28(19-23-11-5-4-6-12-23)36(20-25-14-8-10-16-27(25)34)30(37)21-39-29-18-17-24-13-7-9-15-26(24)31(29)33/h4-18,22,28H,3,19-21H2,1-2H3,(H,35,38)/t22-,28-/m1/s1. The lowest BCUT2D eigenvalue weighted by Gasteiger charge is -2.32. The molecule has 4 aromatic carbocycles. The Morgan fingerprint density at radius 3 is 2.38 bits per heavy atom. The van der Waals surface area contributed by atoms with Gasteiger partial charge >= 0.3 is 0 Å². The summed E-state index contributed by atoms with van der Waals surface area (Å²) in [7, 11) is 0. The van der Waals surface area contributed by atoms with Gasteiger partial charge < -0.3 is 15.0 Å². The van der Waals surface area contributed by atoms with E-state index in [1.807, 2.05) is 98.8 Å². The van der Waals surface area contributed by atoms with Crippen LogP contribution < -0.4 is 10.1 Å². The van der Waals surface area contributed by atoms with E-state index in [4.69, 9.17) is 16.3 Å². The van der Waals surface area contributed by atoms with Crippen LogP contribution in [0.3, 0.4) is 0 Å². The van der Waals surface area contributed by atoms with E-state index in [0.29, 0.717) is 17.2 Å². The Hall–Kier alpha value is -3.35. The van der Waals surface area contributed by atoms with Crippen molar-refractivity contribution in [2.24, 2.45) is 0 Å². The lowest BCUT2D eigenvalue weighted by Crippen LogP contribution is -2.53. The summed E-state index contributed by atoms with van der Waals surface area (Å²) in [5.74, 6) is 0.0408. The van der Waals surface area contributed by atoms with Crippen LogP contribution in [0.25, 0.3) is 10.8 Å². The van der Waals surface area contributed by atoms with Crippen LogP contribution >= 0.6 is 27.5 Å². The number of nitrogens with zero attached hydrogens (tertiary/aromatic N) is 1. The molecule has 0 aliphatic heterocycles. The van der Waals surface area contributed by atoms with Gasteiger partial charge in [-0.05, 0) is 63.3 Å². The van der Waals surface area contributed by atoms with E-state index in [2.05, 4.69) is 21.2 Å². The molecule has 0 aliphatic rings. The second kappa shape index (κ2) is 13.6. The summed E-state index contributed by atoms with van der Waals surface area (Å²) >= 11 is 10.1. The van der Waals surface area contributed by atoms with Gasteiger partial charge in [0.2, 0.25) is 5.91 Å². The molecule has 2 atom stereocenters. The number of fused-ring (bicyclic) bond motifs is 1. The zero-order chi connectivity index (χ0) is 27.8. The average Bonchev–Trinajstić information content (AvgIpc) is 2.95. The largest absolute Gasteiger partial charge is 0.483 e. The van der Waals surface area contributed by atoms with Gasteiger partial charge in [0.15, 0.2) is 6.61 Å². The topological polar surface area (TPSA) is 58.6 Å². The van der Waals surface area contributed by atoms with Crippen LogP contribution in [-0.4, -0.2) is 35.4 Å². The molecule has 0 fully saturated rings. The van der Waals surface area contributed by atoms with Gasteiger partial charge in [0.25, 0.3) is 5.91 Å². The van der Waals surface area contributed by atoms with E-state index in [9.17, 15) is 9.59 Å². The first-order valence-corrected chi connectivity index (χ1v) is 14.2. The van der Waals surface area contributed by atoms with Crippen molar-refractivity contribution in [1.82, 2.24) is 10.2 Å². The lowest BCUT2D eigenvalue weighted by atomic mass is 10.0. The molecule has 7 heteroatoms. The minimum Gasteiger partial charge on any atom is -0.483 e. The highest BCUT2D eigenvalue weighted by molar-refractivity contribution is 9.10. The molecule has 1 N–H and O–H groups in total. The van der Waals surface area contributed by atoms with Gasteiger partial charge in [0.1, 0.15) is 11.8 Å². The van der Waals surface area contributed by atoms with Crippen LogP contribution in [-0.2, 0) is 22.6 Å². The van der Waals surface area contributed by atoms with E-state index in [1.54, 1.807) is 11.0 Å². The number of ether oxygens (including phenoxy) is 1. The van der Waals surface area contributed by atoms with Crippen molar-refractivity contribution in [2.45, 2.75) is 45.3 Å². The van der Waals surface area contributed by atoms with Crippen molar-refractivity contribution in [2.75, 3.05) is 6.61 Å². The number of carbonyl (C=O) groups excluding carboxylic acids is 2. The molecule has 5 nitrogen and oxygen atoms in total. The van der Waals surface area contributed by atoms with Crippen molar-refractivity contribution in [1.29, 1.82) is 0 Å². The smallest absolute Gasteiger partial charge is 0.261 e. The normalized spacial score (nSPS) is 12.5. The number of rotatable bonds is 11. The third-order valence-electron chi connectivity index (χ3n) is 6.75. The molecular weight excluding hydrogens is 576 g/mol. The van der Waals surface area contributed by atoms with Gasteiger partial charge in [0.05, 0.1) is 4.47 Å². The third-order valence-corrected chi connectivity index (χ3v) is 7.94. The fourth-order valence-electron chi connectivity index (χ4n) is 4.35. The first-order chi connectivity index (χ1) is 18.9. The van der Waals surface area contributed by atoms with E-state index in [-0.39, 0.29) is 31.0 Å². The van der Waals surface area contributed by atoms with Crippen molar-refractivity contribution < 1.29 is 14.3 Å². The average molecular weight is 608 g/mol. The van der Waals surface area contributed by atoms with Gasteiger partial charge in [-0.3, -0.25) is 9.59 Å². The zero-order valence-corrected chi connectivity index (χ0v) is 24.4. The molecule has 202 valence electrons. The first kappa shape index (κ1) is 28.7. The quantitative estimate of drug-likeness (QED) is 0.196. The highest BCUT2D eigenvalue weighted by Gasteiger charge is 2.31. The van der Waals surface area contributed by atoms with Crippen LogP contribution in [0.1, 0.15) is 31.4 Å². The Morgan fingerprint density at radius 1 is 0.949 bits per heavy atom. The highest BCUT2D eigenvalue weighted by Crippen LogP contribution is 2.33. The van der Waals surface area contributed by atoms with Gasteiger partial charge in [0, 0.05) is 24.0 Å². The van der Waals surface area contributed by atoms with E-state index < -0.39 is 6.04 Å². The number of carbonyl (C=O) groups is 2. The maximum Gasteiger partial charge on any atom is 0.261 e. The molecule has 0 heterocycles. The minimum atomic E-state index is -0.756. The number of amides is 2. The molecule has 4 aromatic rings. The van der Waals surface area contributed by atoms with E-state index in [0.717, 1.165) is 32.8 Å². The Kier molecular flexibility index (Phi) is 10.0. The summed E-state index contributed by atoms with van der Waals surface area (Å²) in [6.07, 6.45) is 1.14. The molecule has 0 spiro atoms. The van der Waals surface area contributed by atoms with Crippen molar-refractivity contribution in [3.63, 3.8) is 0 Å². The van der Waals surface area contributed by atoms with Crippen molar-refractivity contribution in [3.8, 4) is 5.75 Å². The lowest BCUT2D eigenvalue weighted by molar-refractivity contribution is -0.143. The molecule has 0 aliphatic carbocycles. The SMILES string of the molecule is CC[C@@H](C)NC(=O)[C@@H](Cc1ccccc1)N(Cc1ccccc1Cl)C(=O)COc1ccc2ccccc2c1Br. The van der Waals surface area contributed by atoms with Crippen LogP contribution in [0.15, 0.2) is 95.5 Å². The van der Waals surface area contributed by atoms with Crippen LogP contribution in [0.4, 0.5) is 0 Å². The molecule has 0 unspecified atom stereocenters. The van der Waals surface area contributed by atoms with Gasteiger partial charge in [-0.15, -0.1) is 0 Å². The van der Waals surface area contributed by atoms with E-state index >= 15 is 0 Å². The zero-order valence-electron chi connectivity index (χ0n) is 22.1. The van der Waals surface area contributed by atoms with Crippen LogP contribution in [0.5, 0.6) is 5.75 Å². The molecule has 0 saturated heterocycles. The first-order valence-electron chi connectivity index (χ1n) is 13.0. The third kappa shape index (κ3) is 7.40. The van der Waals surface area contributed by atoms with Crippen molar-refractivity contribution in [3.05, 3.63) is 112 Å². The second-order valence-electron chi connectivity index (χ2n) is 9.52. The number of hydrogen-bond acceptors (Lipinski definition) is 3. The molecule has 4 rings (SSSR count). The summed E-state index contributed by atoms with van der Waals surface area (Å²) in [6, 6.07) is 28.0. The summed E-state index contributed by atoms with van der Waals surface area (Å²) in [4.78, 5) is 29.1. The Balaban J connectivity index is 1.65. The molecule has 0 radical (unpaired) electrons. The number of benzene rings is 4. The van der Waals surface area contributed by atoms with E-state index in [1.165, 1.54) is 0 Å². The fraction of sp³-hybridized carbons (Fsp3) is 0.250. The van der Waals surface area contributed by atoms with Crippen LogP contribution in [0, 0.1) is 0 Å². The number of halogens is 2. The Morgan fingerprint density at radius 2 is 1.64 bits per heavy atom. The second-order valence-corrected chi connectivity index (χ2v) is 10.7. The maximum absolute atomic E-state index is 13.9. The van der Waals surface area contributed by atoms with Gasteiger partial charge in [-0.25, -0.2) is 0 Å². The molecule has 0 aromatic heterocycles. The fourth-order valence-corrected chi connectivity index (χ4v) is 5.16. The number of hydrogen-bond donors (Lipinski definition) is 1. The van der Waals surface area contributed by atoms with Crippen LogP contribution in [0.2, 0.25) is 5.02 Å². The highest BCUT2D eigenvalue weighted by atomic mass is 79.9. The minimum absolute atomic E-state index is 0.0298. The molecule has 2 amide bonds. The Labute approximate surface area is 243 Å². The molecule has 0 bridgehead atoms. The summed E-state index contributed by atoms with van der Waals surface area (Å²) in [5, 5.41) is 5.66. The summed E-state index contributed by atoms with van der Waals surface area (Å²) in [6.45, 7) is 3.91. The predicted octanol–water partition coefficient (Wildman–Crippen LogP) is 7.19. The molecule has 39 heavy (non-hydrogen) atoms. The number of nitrogens with one attached hydrogen (secondary N) is 1.